The van der Waals surface area contributed by atoms with E-state index in [1.807, 2.05) is 21.1 Å². The number of carbonyl (C=O) groups is 2. The summed E-state index contributed by atoms with van der Waals surface area (Å²) < 4.78 is 34.1. The van der Waals surface area contributed by atoms with Gasteiger partial charge in [-0.15, -0.1) is 0 Å². The lowest BCUT2D eigenvalue weighted by molar-refractivity contribution is -0.870. The van der Waals surface area contributed by atoms with E-state index in [0.717, 1.165) is 38.5 Å². The molecule has 0 bridgehead atoms. The summed E-state index contributed by atoms with van der Waals surface area (Å²) in [6.45, 7) is 4.41. The van der Waals surface area contributed by atoms with Crippen molar-refractivity contribution >= 4 is 19.8 Å². The molecule has 0 aliphatic heterocycles. The molecule has 0 aromatic carbocycles. The van der Waals surface area contributed by atoms with E-state index >= 15 is 0 Å². The van der Waals surface area contributed by atoms with Gasteiger partial charge in [-0.25, -0.2) is 4.57 Å². The molecular formula is C38H77NO8P+. The van der Waals surface area contributed by atoms with Gasteiger partial charge in [0.25, 0.3) is 0 Å². The molecule has 0 fully saturated rings. The Morgan fingerprint density at radius 1 is 0.562 bits per heavy atom. The Hall–Kier alpha value is -0.990. The maximum Gasteiger partial charge on any atom is 0.472 e. The van der Waals surface area contributed by atoms with Gasteiger partial charge in [0.05, 0.1) is 27.7 Å². The number of unbranched alkanes of at least 4 members (excludes halogenated alkanes) is 22. The van der Waals surface area contributed by atoms with Gasteiger partial charge in [0.2, 0.25) is 0 Å². The van der Waals surface area contributed by atoms with Crippen molar-refractivity contribution in [1.82, 2.24) is 0 Å². The van der Waals surface area contributed by atoms with Gasteiger partial charge in [-0.2, -0.15) is 0 Å². The number of carbonyl (C=O) groups excluding carboxylic acids is 2. The summed E-state index contributed by atoms with van der Waals surface area (Å²) in [5.74, 6) is -0.792. The maximum atomic E-state index is 12.6. The van der Waals surface area contributed by atoms with Crippen molar-refractivity contribution in [2.45, 2.75) is 187 Å². The van der Waals surface area contributed by atoms with Crippen LogP contribution in [0.25, 0.3) is 0 Å². The third-order valence-electron chi connectivity index (χ3n) is 8.64. The number of nitrogens with zero attached hydrogens (tertiary/aromatic N) is 1. The van der Waals surface area contributed by atoms with Crippen LogP contribution in [0, 0.1) is 0 Å². The monoisotopic (exact) mass is 707 g/mol. The van der Waals surface area contributed by atoms with Gasteiger partial charge in [0.1, 0.15) is 19.8 Å². The molecule has 0 aliphatic carbocycles. The van der Waals surface area contributed by atoms with Crippen molar-refractivity contribution in [2.24, 2.45) is 0 Å². The topological polar surface area (TPSA) is 108 Å². The number of hydrogen-bond acceptors (Lipinski definition) is 7. The number of quaternary nitrogens is 1. The van der Waals surface area contributed by atoms with Gasteiger partial charge in [-0.1, -0.05) is 155 Å². The largest absolute Gasteiger partial charge is 0.472 e. The average molecular weight is 707 g/mol. The van der Waals surface area contributed by atoms with Crippen molar-refractivity contribution in [3.63, 3.8) is 0 Å². The maximum absolute atomic E-state index is 12.6. The molecule has 286 valence electrons. The van der Waals surface area contributed by atoms with Gasteiger partial charge < -0.3 is 18.9 Å². The van der Waals surface area contributed by atoms with Crippen LogP contribution in [0.2, 0.25) is 0 Å². The van der Waals surface area contributed by atoms with Crippen LogP contribution in [0.1, 0.15) is 181 Å². The highest BCUT2D eigenvalue weighted by Crippen LogP contribution is 2.43. The zero-order valence-corrected chi connectivity index (χ0v) is 32.9. The highest BCUT2D eigenvalue weighted by Gasteiger charge is 2.27. The summed E-state index contributed by atoms with van der Waals surface area (Å²) in [7, 11) is 1.49. The summed E-state index contributed by atoms with van der Waals surface area (Å²) in [6, 6.07) is 0. The summed E-state index contributed by atoms with van der Waals surface area (Å²) in [5.41, 5.74) is 0. The molecule has 10 heteroatoms. The molecule has 2 atom stereocenters. The molecule has 0 spiro atoms. The number of phosphoric ester groups is 1. The van der Waals surface area contributed by atoms with E-state index in [1.165, 1.54) is 116 Å². The number of rotatable bonds is 36. The van der Waals surface area contributed by atoms with E-state index in [-0.39, 0.29) is 25.6 Å². The second kappa shape index (κ2) is 32.0. The van der Waals surface area contributed by atoms with E-state index < -0.39 is 26.5 Å². The third-order valence-corrected chi connectivity index (χ3v) is 9.62. The molecule has 0 radical (unpaired) electrons. The molecule has 0 rings (SSSR count). The van der Waals surface area contributed by atoms with Gasteiger partial charge in [0.15, 0.2) is 6.10 Å². The first-order valence-electron chi connectivity index (χ1n) is 19.8. The van der Waals surface area contributed by atoms with E-state index in [0.29, 0.717) is 17.4 Å². The van der Waals surface area contributed by atoms with Crippen LogP contribution < -0.4 is 0 Å². The van der Waals surface area contributed by atoms with E-state index in [2.05, 4.69) is 13.8 Å². The summed E-state index contributed by atoms with van der Waals surface area (Å²) in [5, 5.41) is 0. The molecule has 9 nitrogen and oxygen atoms in total. The summed E-state index contributed by atoms with van der Waals surface area (Å²) >= 11 is 0. The molecule has 0 aromatic heterocycles. The van der Waals surface area contributed by atoms with Crippen molar-refractivity contribution in [2.75, 3.05) is 47.5 Å². The van der Waals surface area contributed by atoms with Crippen molar-refractivity contribution < 1.29 is 42.1 Å². The molecule has 2 unspecified atom stereocenters. The molecule has 48 heavy (non-hydrogen) atoms. The molecule has 0 saturated carbocycles. The van der Waals surface area contributed by atoms with Gasteiger partial charge in [0, 0.05) is 12.8 Å². The third kappa shape index (κ3) is 34.9. The summed E-state index contributed by atoms with van der Waals surface area (Å²) in [6.07, 6.45) is 28.6. The molecule has 0 heterocycles. The van der Waals surface area contributed by atoms with Crippen LogP contribution in [0.4, 0.5) is 0 Å². The number of hydrogen-bond donors (Lipinski definition) is 1. The number of phosphoric acid groups is 1. The predicted octanol–water partition coefficient (Wildman–Crippen LogP) is 10.5. The molecule has 0 aromatic rings. The van der Waals surface area contributed by atoms with E-state index in [4.69, 9.17) is 18.5 Å². The molecule has 1 N–H and O–H groups in total. The van der Waals surface area contributed by atoms with Crippen LogP contribution in [-0.2, 0) is 32.7 Å². The highest BCUT2D eigenvalue weighted by molar-refractivity contribution is 7.47. The SMILES string of the molecule is CCCCCCCCCCCCCCCCCC(=O)OC(COC(=O)CCCCCCCCCCC)COP(=O)(O)OCC[N+](C)(C)C. The van der Waals surface area contributed by atoms with Crippen LogP contribution in [0.5, 0.6) is 0 Å². The number of ether oxygens (including phenoxy) is 2. The Morgan fingerprint density at radius 3 is 1.33 bits per heavy atom. The minimum absolute atomic E-state index is 0.0364. The fraction of sp³-hybridized carbons (Fsp3) is 0.947. The molecule has 0 aliphatic rings. The Kier molecular flexibility index (Phi) is 31.3. The Balaban J connectivity index is 4.36. The summed E-state index contributed by atoms with van der Waals surface area (Å²) in [4.78, 5) is 35.1. The lowest BCUT2D eigenvalue weighted by Gasteiger charge is -2.24. The molecular weight excluding hydrogens is 629 g/mol. The van der Waals surface area contributed by atoms with E-state index in [9.17, 15) is 19.0 Å². The standard InChI is InChI=1S/C38H76NO8P/c1-6-8-10-12-14-16-17-18-19-20-21-23-25-27-29-31-38(41)47-36(35-46-48(42,43)45-33-32-39(3,4)5)34-44-37(40)30-28-26-24-22-15-13-11-9-7-2/h36H,6-35H2,1-5H3/p+1. The average Bonchev–Trinajstić information content (AvgIpc) is 3.02. The van der Waals surface area contributed by atoms with Crippen LogP contribution in [0.3, 0.4) is 0 Å². The fourth-order valence-corrected chi connectivity index (χ4v) is 6.23. The first kappa shape index (κ1) is 47.0. The lowest BCUT2D eigenvalue weighted by Crippen LogP contribution is -2.37. The second-order valence-electron chi connectivity index (χ2n) is 14.7. The van der Waals surface area contributed by atoms with Crippen LogP contribution in [0.15, 0.2) is 0 Å². The van der Waals surface area contributed by atoms with Crippen molar-refractivity contribution in [1.29, 1.82) is 0 Å². The fourth-order valence-electron chi connectivity index (χ4n) is 5.48. The Morgan fingerprint density at radius 2 is 0.938 bits per heavy atom. The Labute approximate surface area is 295 Å². The van der Waals surface area contributed by atoms with Gasteiger partial charge in [-0.3, -0.25) is 18.6 Å². The number of likely N-dealkylation sites (N-methyl/N-ethyl adjacent to an activating group) is 1. The second-order valence-corrected chi connectivity index (χ2v) is 16.1. The molecule has 0 saturated heterocycles. The lowest BCUT2D eigenvalue weighted by atomic mass is 10.0. The van der Waals surface area contributed by atoms with E-state index in [1.54, 1.807) is 0 Å². The Bertz CT molecular complexity index is 804. The first-order chi connectivity index (χ1) is 23.0. The molecule has 0 amide bonds. The zero-order valence-electron chi connectivity index (χ0n) is 32.0. The minimum atomic E-state index is -4.36. The first-order valence-corrected chi connectivity index (χ1v) is 21.3. The highest BCUT2D eigenvalue weighted by atomic mass is 31.2. The number of esters is 2. The zero-order chi connectivity index (χ0) is 35.8. The van der Waals surface area contributed by atoms with Crippen LogP contribution >= 0.6 is 7.82 Å². The normalized spacial score (nSPS) is 13.7. The van der Waals surface area contributed by atoms with Gasteiger partial charge >= 0.3 is 19.8 Å². The predicted molar refractivity (Wildman–Crippen MR) is 197 cm³/mol. The van der Waals surface area contributed by atoms with Crippen molar-refractivity contribution in [3.8, 4) is 0 Å². The smallest absolute Gasteiger partial charge is 0.462 e. The minimum Gasteiger partial charge on any atom is -0.462 e. The van der Waals surface area contributed by atoms with Crippen molar-refractivity contribution in [3.05, 3.63) is 0 Å². The quantitative estimate of drug-likeness (QED) is 0.0297. The van der Waals surface area contributed by atoms with Gasteiger partial charge in [-0.05, 0) is 12.8 Å². The van der Waals surface area contributed by atoms with Crippen LogP contribution in [-0.4, -0.2) is 74.9 Å².